The first-order valence-corrected chi connectivity index (χ1v) is 3.83. The van der Waals surface area contributed by atoms with Gasteiger partial charge >= 0.3 is 0 Å². The molecule has 0 bridgehead atoms. The highest BCUT2D eigenvalue weighted by atomic mass is 15.1. The molecule has 2 aromatic heterocycles. The van der Waals surface area contributed by atoms with Gasteiger partial charge in [-0.3, -0.25) is 0 Å². The Balaban J connectivity index is 2.54. The van der Waals surface area contributed by atoms with E-state index < -0.39 is 0 Å². The molecule has 2 rings (SSSR count). The predicted molar refractivity (Wildman–Crippen MR) is 48.0 cm³/mol. The number of nitrogens with zero attached hydrogens (tertiary/aromatic N) is 5. The Hall–Kier alpha value is -2.00. The van der Waals surface area contributed by atoms with Gasteiger partial charge in [0.1, 0.15) is 5.65 Å². The molecule has 0 aliphatic rings. The Bertz CT molecular complexity index is 466. The minimum Gasteiger partial charge on any atom is -0.304 e. The summed E-state index contributed by atoms with van der Waals surface area (Å²) in [6, 6.07) is 5.70. The van der Waals surface area contributed by atoms with E-state index in [1.165, 1.54) is 0 Å². The van der Waals surface area contributed by atoms with Crippen LogP contribution >= 0.6 is 0 Å². The van der Waals surface area contributed by atoms with Crippen molar-refractivity contribution in [3.8, 4) is 0 Å². The lowest BCUT2D eigenvalue weighted by molar-refractivity contribution is 0.936. The Labute approximate surface area is 74.3 Å². The van der Waals surface area contributed by atoms with E-state index in [-0.39, 0.29) is 0 Å². The first kappa shape index (κ1) is 7.64. The van der Waals surface area contributed by atoms with Crippen molar-refractivity contribution < 1.29 is 0 Å². The molecule has 0 amide bonds. The van der Waals surface area contributed by atoms with E-state index in [1.54, 1.807) is 6.20 Å². The highest BCUT2D eigenvalue weighted by Crippen LogP contribution is 2.06. The van der Waals surface area contributed by atoms with Crippen molar-refractivity contribution in [3.05, 3.63) is 46.7 Å². The fraction of sp³-hybridized carbons (Fsp3) is 0.125. The second kappa shape index (κ2) is 3.16. The van der Waals surface area contributed by atoms with Crippen molar-refractivity contribution in [2.75, 3.05) is 0 Å². The van der Waals surface area contributed by atoms with Crippen molar-refractivity contribution >= 4 is 5.65 Å². The number of pyridine rings is 1. The van der Waals surface area contributed by atoms with Crippen LogP contribution in [0.1, 0.15) is 5.69 Å². The van der Waals surface area contributed by atoms with Gasteiger partial charge in [-0.2, -0.15) is 0 Å². The number of aromatic nitrogens is 2. The summed E-state index contributed by atoms with van der Waals surface area (Å²) in [4.78, 5) is 6.83. The molecule has 0 radical (unpaired) electrons. The summed E-state index contributed by atoms with van der Waals surface area (Å²) in [7, 11) is 0. The van der Waals surface area contributed by atoms with E-state index in [4.69, 9.17) is 5.53 Å². The van der Waals surface area contributed by atoms with Gasteiger partial charge in [-0.25, -0.2) is 4.98 Å². The van der Waals surface area contributed by atoms with E-state index in [0.29, 0.717) is 6.54 Å². The molecule has 0 aliphatic heterocycles. The zero-order valence-electron chi connectivity index (χ0n) is 6.83. The van der Waals surface area contributed by atoms with Crippen LogP contribution in [0.25, 0.3) is 16.1 Å². The van der Waals surface area contributed by atoms with Gasteiger partial charge < -0.3 is 4.40 Å². The number of azide groups is 1. The third-order valence-corrected chi connectivity index (χ3v) is 1.81. The lowest BCUT2D eigenvalue weighted by atomic mass is 10.3. The number of hydrogen-bond donors (Lipinski definition) is 0. The van der Waals surface area contributed by atoms with E-state index in [9.17, 15) is 0 Å². The monoisotopic (exact) mass is 173 g/mol. The average Bonchev–Trinajstić information content (AvgIpc) is 2.62. The maximum atomic E-state index is 8.18. The van der Waals surface area contributed by atoms with E-state index >= 15 is 0 Å². The molecule has 2 heterocycles. The van der Waals surface area contributed by atoms with Gasteiger partial charge in [0, 0.05) is 23.0 Å². The summed E-state index contributed by atoms with van der Waals surface area (Å²) in [5.41, 5.74) is 9.99. The van der Waals surface area contributed by atoms with Crippen LogP contribution in [0.15, 0.2) is 35.7 Å². The maximum absolute atomic E-state index is 8.18. The largest absolute Gasteiger partial charge is 0.304 e. The van der Waals surface area contributed by atoms with Gasteiger partial charge in [0.15, 0.2) is 0 Å². The van der Waals surface area contributed by atoms with Crippen LogP contribution in [-0.4, -0.2) is 9.38 Å². The molecule has 64 valence electrons. The Morgan fingerprint density at radius 3 is 3.31 bits per heavy atom. The molecule has 2 aromatic rings. The minimum absolute atomic E-state index is 0.351. The second-order valence-corrected chi connectivity index (χ2v) is 2.56. The van der Waals surface area contributed by atoms with Crippen molar-refractivity contribution in [2.24, 2.45) is 5.11 Å². The SMILES string of the molecule is [N-]=[N+]=NCc1cccc2nccn12. The fourth-order valence-corrected chi connectivity index (χ4v) is 1.24. The zero-order chi connectivity index (χ0) is 9.10. The highest BCUT2D eigenvalue weighted by Gasteiger charge is 1.97. The maximum Gasteiger partial charge on any atom is 0.136 e. The van der Waals surface area contributed by atoms with E-state index in [1.807, 2.05) is 28.8 Å². The molecule has 0 unspecified atom stereocenters. The lowest BCUT2D eigenvalue weighted by Gasteiger charge is -1.99. The normalized spacial score (nSPS) is 9.85. The number of imidazole rings is 1. The third-order valence-electron chi connectivity index (χ3n) is 1.81. The Morgan fingerprint density at radius 2 is 2.46 bits per heavy atom. The van der Waals surface area contributed by atoms with Crippen molar-refractivity contribution in [3.63, 3.8) is 0 Å². The predicted octanol–water partition coefficient (Wildman–Crippen LogP) is 2.14. The molecule has 0 fully saturated rings. The second-order valence-electron chi connectivity index (χ2n) is 2.56. The van der Waals surface area contributed by atoms with Crippen LogP contribution in [0.4, 0.5) is 0 Å². The molecule has 0 saturated carbocycles. The standard InChI is InChI=1S/C8H7N5/c9-12-11-6-7-2-1-3-8-10-4-5-13(7)8/h1-5H,6H2. The molecule has 5 heteroatoms. The topological polar surface area (TPSA) is 66.1 Å². The molecule has 5 nitrogen and oxygen atoms in total. The Morgan fingerprint density at radius 1 is 1.54 bits per heavy atom. The van der Waals surface area contributed by atoms with Gasteiger partial charge in [0.05, 0.1) is 6.54 Å². The molecule has 0 N–H and O–H groups in total. The van der Waals surface area contributed by atoms with Crippen LogP contribution in [0.3, 0.4) is 0 Å². The van der Waals surface area contributed by atoms with Gasteiger partial charge in [-0.1, -0.05) is 11.2 Å². The lowest BCUT2D eigenvalue weighted by Crippen LogP contribution is -1.92. The molecule has 0 aromatic carbocycles. The smallest absolute Gasteiger partial charge is 0.136 e. The number of rotatable bonds is 2. The molecular weight excluding hydrogens is 166 g/mol. The molecule has 0 aliphatic carbocycles. The first-order chi connectivity index (χ1) is 6.42. The van der Waals surface area contributed by atoms with Crippen molar-refractivity contribution in [1.29, 1.82) is 0 Å². The summed E-state index contributed by atoms with van der Waals surface area (Å²) in [5.74, 6) is 0. The van der Waals surface area contributed by atoms with Gasteiger partial charge in [0.25, 0.3) is 0 Å². The van der Waals surface area contributed by atoms with E-state index in [0.717, 1.165) is 11.3 Å². The van der Waals surface area contributed by atoms with Crippen LogP contribution in [0.2, 0.25) is 0 Å². The van der Waals surface area contributed by atoms with Crippen LogP contribution in [0.5, 0.6) is 0 Å². The summed E-state index contributed by atoms with van der Waals surface area (Å²) < 4.78 is 1.90. The third kappa shape index (κ3) is 1.32. The molecular formula is C8H7N5. The van der Waals surface area contributed by atoms with Crippen LogP contribution in [0, 0.1) is 0 Å². The fourth-order valence-electron chi connectivity index (χ4n) is 1.24. The summed E-state index contributed by atoms with van der Waals surface area (Å²) in [5, 5.41) is 3.50. The van der Waals surface area contributed by atoms with Crippen LogP contribution in [-0.2, 0) is 6.54 Å². The van der Waals surface area contributed by atoms with Crippen molar-refractivity contribution in [2.45, 2.75) is 6.54 Å². The highest BCUT2D eigenvalue weighted by molar-refractivity contribution is 5.39. The molecule has 0 atom stereocenters. The Kier molecular flexibility index (Phi) is 1.86. The average molecular weight is 173 g/mol. The number of fused-ring (bicyclic) bond motifs is 1. The summed E-state index contributed by atoms with van der Waals surface area (Å²) in [6.07, 6.45) is 3.56. The molecule has 0 saturated heterocycles. The quantitative estimate of drug-likeness (QED) is 0.389. The van der Waals surface area contributed by atoms with Crippen molar-refractivity contribution in [1.82, 2.24) is 9.38 Å². The first-order valence-electron chi connectivity index (χ1n) is 3.83. The molecule has 0 spiro atoms. The van der Waals surface area contributed by atoms with Crippen LogP contribution < -0.4 is 0 Å². The summed E-state index contributed by atoms with van der Waals surface area (Å²) >= 11 is 0. The van der Waals surface area contributed by atoms with E-state index in [2.05, 4.69) is 15.0 Å². The van der Waals surface area contributed by atoms with Gasteiger partial charge in [0.2, 0.25) is 0 Å². The van der Waals surface area contributed by atoms with Gasteiger partial charge in [-0.15, -0.1) is 0 Å². The zero-order valence-corrected chi connectivity index (χ0v) is 6.83. The molecule has 13 heavy (non-hydrogen) atoms. The number of hydrogen-bond acceptors (Lipinski definition) is 2. The summed E-state index contributed by atoms with van der Waals surface area (Å²) in [6.45, 7) is 0.351. The van der Waals surface area contributed by atoms with Gasteiger partial charge in [-0.05, 0) is 17.7 Å². The minimum atomic E-state index is 0.351.